The number of likely N-dealkylation sites (tertiary alicyclic amines) is 1. The van der Waals surface area contributed by atoms with Crippen LogP contribution in [-0.4, -0.2) is 75.1 Å². The van der Waals surface area contributed by atoms with Gasteiger partial charge in [0, 0.05) is 45.1 Å². The average molecular weight is 485 g/mol. The van der Waals surface area contributed by atoms with E-state index in [1.54, 1.807) is 52.8 Å². The van der Waals surface area contributed by atoms with Gasteiger partial charge in [0.05, 0.1) is 11.4 Å². The molecule has 0 saturated carbocycles. The fourth-order valence-corrected chi connectivity index (χ4v) is 4.03. The molecule has 35 heavy (non-hydrogen) atoms. The number of aromatic nitrogens is 3. The summed E-state index contributed by atoms with van der Waals surface area (Å²) in [6.45, 7) is 11.1. The number of piperidine rings is 1. The second-order valence-electron chi connectivity index (χ2n) is 9.81. The number of aryl methyl sites for hydroxylation is 2. The van der Waals surface area contributed by atoms with Gasteiger partial charge in [-0.1, -0.05) is 6.07 Å². The summed E-state index contributed by atoms with van der Waals surface area (Å²) in [5.74, 6) is -0.212. The second kappa shape index (κ2) is 11.5. The summed E-state index contributed by atoms with van der Waals surface area (Å²) < 4.78 is 5.51. The molecule has 0 aliphatic carbocycles. The van der Waals surface area contributed by atoms with E-state index in [0.29, 0.717) is 17.1 Å². The van der Waals surface area contributed by atoms with E-state index >= 15 is 0 Å². The van der Waals surface area contributed by atoms with Crippen LogP contribution in [0.2, 0.25) is 0 Å². The maximum Gasteiger partial charge on any atom is 0.439 e. The van der Waals surface area contributed by atoms with E-state index in [2.05, 4.69) is 25.9 Å². The van der Waals surface area contributed by atoms with Gasteiger partial charge in [-0.25, -0.2) is 14.8 Å². The molecular weight excluding hydrogens is 448 g/mol. The third kappa shape index (κ3) is 7.43. The number of carbonyl (C=O) groups excluding carboxylic acids is 2. The quantitative estimate of drug-likeness (QED) is 0.552. The second-order valence-corrected chi connectivity index (χ2v) is 9.81. The Morgan fingerprint density at radius 2 is 1.80 bits per heavy atom. The molecule has 10 heteroatoms. The first kappa shape index (κ1) is 26.5. The van der Waals surface area contributed by atoms with Crippen LogP contribution in [0.4, 0.5) is 10.5 Å². The predicted molar refractivity (Wildman–Crippen MR) is 131 cm³/mol. The minimum Gasteiger partial charge on any atom is -0.442 e. The molecule has 2 aromatic rings. The van der Waals surface area contributed by atoms with Crippen molar-refractivity contribution in [2.24, 2.45) is 0 Å². The Hall–Kier alpha value is -3.11. The summed E-state index contributed by atoms with van der Waals surface area (Å²) in [4.78, 5) is 48.3. The summed E-state index contributed by atoms with van der Waals surface area (Å²) in [5, 5.41) is 0.998. The molecule has 1 aliphatic rings. The standard InChI is InChI=1S/C25H36N6O4/c1-18-23(19(2)28-17-27-18)31(24(33)35-25(3,4)5)34-16-22(32)29(6)21-9-12-30(13-10-21)15-20-8-7-11-26-14-20/h7-8,11,14,17,21H,9-10,12-13,15-16H2,1-6H3. The van der Waals surface area contributed by atoms with Crippen LogP contribution in [0.1, 0.15) is 50.6 Å². The third-order valence-corrected chi connectivity index (χ3v) is 5.89. The van der Waals surface area contributed by atoms with Gasteiger partial charge in [-0.05, 0) is 59.1 Å². The predicted octanol–water partition coefficient (Wildman–Crippen LogP) is 3.28. The number of pyridine rings is 1. The first-order valence-electron chi connectivity index (χ1n) is 11.9. The monoisotopic (exact) mass is 484 g/mol. The zero-order valence-electron chi connectivity index (χ0n) is 21.5. The normalized spacial score (nSPS) is 15.0. The zero-order valence-corrected chi connectivity index (χ0v) is 21.5. The van der Waals surface area contributed by atoms with E-state index in [1.165, 1.54) is 11.9 Å². The summed E-state index contributed by atoms with van der Waals surface area (Å²) in [5.41, 5.74) is 1.92. The number of hydroxylamine groups is 1. The summed E-state index contributed by atoms with van der Waals surface area (Å²) >= 11 is 0. The highest BCUT2D eigenvalue weighted by atomic mass is 16.7. The summed E-state index contributed by atoms with van der Waals surface area (Å²) in [7, 11) is 1.78. The van der Waals surface area contributed by atoms with Crippen molar-refractivity contribution in [1.29, 1.82) is 0 Å². The Morgan fingerprint density at radius 3 is 2.37 bits per heavy atom. The highest BCUT2D eigenvalue weighted by molar-refractivity contribution is 5.87. The molecule has 3 rings (SSSR count). The first-order valence-corrected chi connectivity index (χ1v) is 11.9. The molecule has 1 saturated heterocycles. The number of ether oxygens (including phenoxy) is 1. The minimum atomic E-state index is -0.735. The van der Waals surface area contributed by atoms with Crippen LogP contribution in [0.5, 0.6) is 0 Å². The number of rotatable bonds is 7. The zero-order chi connectivity index (χ0) is 25.6. The van der Waals surface area contributed by atoms with Crippen LogP contribution in [0.15, 0.2) is 30.9 Å². The number of anilines is 1. The van der Waals surface area contributed by atoms with Crippen LogP contribution in [0, 0.1) is 13.8 Å². The van der Waals surface area contributed by atoms with Gasteiger partial charge in [0.2, 0.25) is 0 Å². The van der Waals surface area contributed by atoms with Crippen LogP contribution in [0.25, 0.3) is 0 Å². The number of amides is 2. The third-order valence-electron chi connectivity index (χ3n) is 5.89. The van der Waals surface area contributed by atoms with E-state index in [9.17, 15) is 9.59 Å². The van der Waals surface area contributed by atoms with Crippen LogP contribution in [-0.2, 0) is 20.9 Å². The van der Waals surface area contributed by atoms with Crippen LogP contribution < -0.4 is 5.06 Å². The van der Waals surface area contributed by atoms with E-state index in [-0.39, 0.29) is 18.6 Å². The van der Waals surface area contributed by atoms with E-state index in [4.69, 9.17) is 9.57 Å². The fraction of sp³-hybridized carbons (Fsp3) is 0.560. The Kier molecular flexibility index (Phi) is 8.74. The van der Waals surface area contributed by atoms with Gasteiger partial charge in [-0.2, -0.15) is 0 Å². The largest absolute Gasteiger partial charge is 0.442 e. The molecule has 1 aliphatic heterocycles. The molecule has 2 amide bonds. The highest BCUT2D eigenvalue weighted by Crippen LogP contribution is 2.24. The molecule has 10 nitrogen and oxygen atoms in total. The summed E-state index contributed by atoms with van der Waals surface area (Å²) in [6, 6.07) is 4.12. The van der Waals surface area contributed by atoms with Gasteiger partial charge in [0.1, 0.15) is 17.6 Å². The van der Waals surface area contributed by atoms with Crippen LogP contribution >= 0.6 is 0 Å². The van der Waals surface area contributed by atoms with E-state index in [0.717, 1.165) is 37.5 Å². The van der Waals surface area contributed by atoms with E-state index < -0.39 is 11.7 Å². The number of nitrogens with zero attached hydrogens (tertiary/aromatic N) is 6. The lowest BCUT2D eigenvalue weighted by Gasteiger charge is -2.37. The fourth-order valence-electron chi connectivity index (χ4n) is 4.03. The Morgan fingerprint density at radius 1 is 1.14 bits per heavy atom. The Balaban J connectivity index is 1.60. The van der Waals surface area contributed by atoms with Crippen molar-refractivity contribution in [3.8, 4) is 0 Å². The maximum atomic E-state index is 13.0. The lowest BCUT2D eigenvalue weighted by Crippen LogP contribution is -2.47. The highest BCUT2D eigenvalue weighted by Gasteiger charge is 2.30. The van der Waals surface area contributed by atoms with E-state index in [1.807, 2.05) is 12.3 Å². The minimum absolute atomic E-state index is 0.106. The van der Waals surface area contributed by atoms with Gasteiger partial charge in [0.25, 0.3) is 5.91 Å². The molecule has 0 radical (unpaired) electrons. The topological polar surface area (TPSA) is 101 Å². The summed E-state index contributed by atoms with van der Waals surface area (Å²) in [6.07, 6.45) is 6.08. The molecule has 1 fully saturated rings. The molecule has 0 spiro atoms. The van der Waals surface area contributed by atoms with Crippen molar-refractivity contribution < 1.29 is 19.2 Å². The molecule has 3 heterocycles. The lowest BCUT2D eigenvalue weighted by molar-refractivity contribution is -0.138. The van der Waals surface area contributed by atoms with Crippen molar-refractivity contribution in [3.63, 3.8) is 0 Å². The molecule has 0 N–H and O–H groups in total. The van der Waals surface area contributed by atoms with Crippen LogP contribution in [0.3, 0.4) is 0 Å². The molecule has 190 valence electrons. The number of carbonyl (C=O) groups is 2. The lowest BCUT2D eigenvalue weighted by atomic mass is 10.0. The molecule has 0 atom stereocenters. The Labute approximate surface area is 207 Å². The Bertz CT molecular complexity index is 983. The van der Waals surface area contributed by atoms with Crippen molar-refractivity contribution in [2.45, 2.75) is 65.6 Å². The molecule has 2 aromatic heterocycles. The number of hydrogen-bond donors (Lipinski definition) is 0. The van der Waals surface area contributed by atoms with Gasteiger partial charge >= 0.3 is 6.09 Å². The number of likely N-dealkylation sites (N-methyl/N-ethyl adjacent to an activating group) is 1. The van der Waals surface area contributed by atoms with Crippen molar-refractivity contribution >= 4 is 17.7 Å². The van der Waals surface area contributed by atoms with Crippen molar-refractivity contribution in [2.75, 3.05) is 31.8 Å². The smallest absolute Gasteiger partial charge is 0.439 e. The first-order chi connectivity index (χ1) is 16.5. The van der Waals surface area contributed by atoms with Crippen molar-refractivity contribution in [1.82, 2.24) is 24.8 Å². The average Bonchev–Trinajstić information content (AvgIpc) is 2.80. The molecule has 0 aromatic carbocycles. The van der Waals surface area contributed by atoms with Gasteiger partial charge in [0.15, 0.2) is 6.61 Å². The van der Waals surface area contributed by atoms with Gasteiger partial charge in [-0.3, -0.25) is 19.5 Å². The molecule has 0 unspecified atom stereocenters. The van der Waals surface area contributed by atoms with Gasteiger partial charge < -0.3 is 9.64 Å². The van der Waals surface area contributed by atoms with Crippen molar-refractivity contribution in [3.05, 3.63) is 47.8 Å². The molecule has 0 bridgehead atoms. The van der Waals surface area contributed by atoms with Gasteiger partial charge in [-0.15, -0.1) is 5.06 Å². The maximum absolute atomic E-state index is 13.0. The SMILES string of the molecule is Cc1ncnc(C)c1N(OCC(=O)N(C)C1CCN(Cc2cccnc2)CC1)C(=O)OC(C)(C)C. The number of hydrogen-bond acceptors (Lipinski definition) is 8. The molecular formula is C25H36N6O4.